The second-order valence-corrected chi connectivity index (χ2v) is 8.85. The Kier molecular flexibility index (Phi) is 5.80. The zero-order valence-corrected chi connectivity index (χ0v) is 19.6. The van der Waals surface area contributed by atoms with E-state index in [1.807, 2.05) is 61.5 Å². The summed E-state index contributed by atoms with van der Waals surface area (Å²) in [6.07, 6.45) is 0. The zero-order chi connectivity index (χ0) is 24.5. The molecule has 0 saturated heterocycles. The van der Waals surface area contributed by atoms with Crippen LogP contribution in [0, 0.1) is 5.41 Å². The summed E-state index contributed by atoms with van der Waals surface area (Å²) in [5.41, 5.74) is 12.5. The molecule has 1 amide bonds. The third-order valence-corrected chi connectivity index (χ3v) is 5.99. The quantitative estimate of drug-likeness (QED) is 0.184. The van der Waals surface area contributed by atoms with Gasteiger partial charge in [0, 0.05) is 46.4 Å². The molecule has 0 bridgehead atoms. The highest BCUT2D eigenvalue weighted by Gasteiger charge is 2.11. The minimum atomic E-state index is -0.0686. The first-order valence-corrected chi connectivity index (χ1v) is 11.4. The van der Waals surface area contributed by atoms with Crippen molar-refractivity contribution in [3.63, 3.8) is 0 Å². The number of fused-ring (bicyclic) bond motifs is 2. The van der Waals surface area contributed by atoms with Gasteiger partial charge in [0.2, 0.25) is 0 Å². The summed E-state index contributed by atoms with van der Waals surface area (Å²) in [7, 11) is 3.96. The maximum atomic E-state index is 12.3. The fraction of sp³-hybridized carbons (Fsp3) is 0.148. The van der Waals surface area contributed by atoms with Crippen LogP contribution >= 0.6 is 0 Å². The molecule has 6 N–H and O–H groups in total. The number of aromatic amines is 2. The maximum absolute atomic E-state index is 12.3. The third-order valence-electron chi connectivity index (χ3n) is 5.99. The number of aromatic nitrogens is 3. The average molecular weight is 466 g/mol. The Morgan fingerprint density at radius 1 is 0.943 bits per heavy atom. The first-order chi connectivity index (χ1) is 16.9. The van der Waals surface area contributed by atoms with Gasteiger partial charge in [-0.05, 0) is 62.1 Å². The van der Waals surface area contributed by atoms with Gasteiger partial charge >= 0.3 is 0 Å². The lowest BCUT2D eigenvalue weighted by Gasteiger charge is -2.10. The van der Waals surface area contributed by atoms with E-state index in [0.717, 1.165) is 51.1 Å². The van der Waals surface area contributed by atoms with Crippen molar-refractivity contribution in [2.75, 3.05) is 27.2 Å². The summed E-state index contributed by atoms with van der Waals surface area (Å²) in [5, 5.41) is 11.7. The molecule has 5 aromatic rings. The summed E-state index contributed by atoms with van der Waals surface area (Å²) in [5.74, 6) is 0.714. The molecule has 0 atom stereocenters. The van der Waals surface area contributed by atoms with Gasteiger partial charge in [0.15, 0.2) is 0 Å². The molecule has 0 saturated carbocycles. The van der Waals surface area contributed by atoms with E-state index in [9.17, 15) is 4.79 Å². The molecule has 35 heavy (non-hydrogen) atoms. The second-order valence-electron chi connectivity index (χ2n) is 8.85. The first-order valence-electron chi connectivity index (χ1n) is 11.4. The lowest BCUT2D eigenvalue weighted by atomic mass is 10.1. The van der Waals surface area contributed by atoms with Gasteiger partial charge in [-0.15, -0.1) is 0 Å². The molecule has 0 radical (unpaired) electrons. The van der Waals surface area contributed by atoms with Crippen molar-refractivity contribution in [2.45, 2.75) is 0 Å². The molecule has 5 rings (SSSR count). The molecule has 0 aliphatic rings. The number of nitrogens with one attached hydrogen (secondary N) is 4. The minimum Gasteiger partial charge on any atom is -0.384 e. The number of imidazole rings is 1. The SMILES string of the molecule is CN(C)CCNC(=O)c1ccc(-c2cc3ccc(-c4nc5ccc(C(=N)N)cc5[nH]4)cc3[nH]2)cc1. The van der Waals surface area contributed by atoms with E-state index < -0.39 is 0 Å². The highest BCUT2D eigenvalue weighted by Crippen LogP contribution is 2.29. The molecule has 0 spiro atoms. The molecule has 0 unspecified atom stereocenters. The van der Waals surface area contributed by atoms with Crippen LogP contribution in [0.25, 0.3) is 44.6 Å². The number of nitrogens with zero attached hydrogens (tertiary/aromatic N) is 2. The van der Waals surface area contributed by atoms with Gasteiger partial charge in [-0.3, -0.25) is 10.2 Å². The van der Waals surface area contributed by atoms with Crippen LogP contribution in [-0.2, 0) is 0 Å². The number of carbonyl (C=O) groups is 1. The average Bonchev–Trinajstić information content (AvgIpc) is 3.47. The Bertz CT molecular complexity index is 1540. The molecule has 3 aromatic carbocycles. The van der Waals surface area contributed by atoms with Crippen LogP contribution in [0.15, 0.2) is 66.7 Å². The Morgan fingerprint density at radius 3 is 2.43 bits per heavy atom. The molecule has 8 nitrogen and oxygen atoms in total. The van der Waals surface area contributed by atoms with E-state index in [2.05, 4.69) is 33.5 Å². The lowest BCUT2D eigenvalue weighted by molar-refractivity contribution is 0.0951. The maximum Gasteiger partial charge on any atom is 0.251 e. The normalized spacial score (nSPS) is 11.4. The number of amides is 1. The number of hydrogen-bond donors (Lipinski definition) is 5. The molecular weight excluding hydrogens is 438 g/mol. The summed E-state index contributed by atoms with van der Waals surface area (Å²) in [6.45, 7) is 1.41. The van der Waals surface area contributed by atoms with Gasteiger partial charge < -0.3 is 25.9 Å². The van der Waals surface area contributed by atoms with Gasteiger partial charge in [0.25, 0.3) is 5.91 Å². The number of nitrogens with two attached hydrogens (primary N) is 1. The molecule has 0 aliphatic heterocycles. The number of hydrogen-bond acceptors (Lipinski definition) is 4. The number of rotatable bonds is 7. The molecule has 0 fully saturated rings. The fourth-order valence-corrected chi connectivity index (χ4v) is 4.04. The van der Waals surface area contributed by atoms with Crippen molar-refractivity contribution in [1.29, 1.82) is 5.41 Å². The topological polar surface area (TPSA) is 127 Å². The summed E-state index contributed by atoms with van der Waals surface area (Å²) in [4.78, 5) is 25.9. The lowest BCUT2D eigenvalue weighted by Crippen LogP contribution is -2.31. The van der Waals surface area contributed by atoms with E-state index in [4.69, 9.17) is 16.1 Å². The van der Waals surface area contributed by atoms with Crippen LogP contribution in [0.1, 0.15) is 15.9 Å². The van der Waals surface area contributed by atoms with Crippen molar-refractivity contribution in [3.05, 3.63) is 77.9 Å². The van der Waals surface area contributed by atoms with E-state index in [1.165, 1.54) is 0 Å². The molecule has 2 aromatic heterocycles. The fourth-order valence-electron chi connectivity index (χ4n) is 4.04. The Balaban J connectivity index is 1.38. The number of carbonyl (C=O) groups excluding carboxylic acids is 1. The van der Waals surface area contributed by atoms with Crippen LogP contribution in [0.3, 0.4) is 0 Å². The predicted octanol–water partition coefficient (Wildman–Crippen LogP) is 3.95. The molecule has 0 aliphatic carbocycles. The van der Waals surface area contributed by atoms with Crippen LogP contribution in [0.5, 0.6) is 0 Å². The highest BCUT2D eigenvalue weighted by molar-refractivity contribution is 5.98. The van der Waals surface area contributed by atoms with Crippen molar-refractivity contribution >= 4 is 33.7 Å². The van der Waals surface area contributed by atoms with Gasteiger partial charge in [0.1, 0.15) is 11.7 Å². The molecule has 8 heteroatoms. The summed E-state index contributed by atoms with van der Waals surface area (Å²) < 4.78 is 0. The number of benzene rings is 3. The predicted molar refractivity (Wildman–Crippen MR) is 141 cm³/mol. The van der Waals surface area contributed by atoms with E-state index >= 15 is 0 Å². The van der Waals surface area contributed by atoms with E-state index in [0.29, 0.717) is 17.7 Å². The minimum absolute atomic E-state index is 0.0290. The molecule has 2 heterocycles. The number of H-pyrrole nitrogens is 2. The van der Waals surface area contributed by atoms with E-state index in [-0.39, 0.29) is 11.7 Å². The van der Waals surface area contributed by atoms with E-state index in [1.54, 1.807) is 6.07 Å². The summed E-state index contributed by atoms with van der Waals surface area (Å²) >= 11 is 0. The van der Waals surface area contributed by atoms with Crippen LogP contribution in [-0.4, -0.2) is 58.8 Å². The number of nitrogen functional groups attached to an aromatic ring is 1. The summed E-state index contributed by atoms with van der Waals surface area (Å²) in [6, 6.07) is 21.4. The largest absolute Gasteiger partial charge is 0.384 e. The first kappa shape index (κ1) is 22.4. The third kappa shape index (κ3) is 4.64. The Hall–Kier alpha value is -4.43. The van der Waals surface area contributed by atoms with Crippen LogP contribution in [0.4, 0.5) is 0 Å². The molecule has 176 valence electrons. The van der Waals surface area contributed by atoms with Crippen molar-refractivity contribution in [3.8, 4) is 22.6 Å². The zero-order valence-electron chi connectivity index (χ0n) is 19.6. The Morgan fingerprint density at radius 2 is 1.69 bits per heavy atom. The second kappa shape index (κ2) is 9.08. The molecular formula is C27H27N7O. The Labute approximate surface area is 202 Å². The smallest absolute Gasteiger partial charge is 0.251 e. The van der Waals surface area contributed by atoms with Crippen LogP contribution < -0.4 is 11.1 Å². The monoisotopic (exact) mass is 465 g/mol. The van der Waals surface area contributed by atoms with Crippen molar-refractivity contribution in [1.82, 2.24) is 25.2 Å². The van der Waals surface area contributed by atoms with Gasteiger partial charge in [-0.25, -0.2) is 4.98 Å². The standard InChI is InChI=1S/C27H27N7O/c1-34(2)12-11-30-27(35)17-5-3-16(4-6-17)22-13-18-7-8-20(15-23(18)31-22)26-32-21-10-9-19(25(28)29)14-24(21)33-26/h3-10,13-15,31H,11-12H2,1-2H3,(H3,28,29)(H,30,35)(H,32,33). The van der Waals surface area contributed by atoms with Crippen molar-refractivity contribution in [2.24, 2.45) is 5.73 Å². The van der Waals surface area contributed by atoms with Crippen molar-refractivity contribution < 1.29 is 4.79 Å². The van der Waals surface area contributed by atoms with Gasteiger partial charge in [0.05, 0.1) is 11.0 Å². The number of amidine groups is 1. The van der Waals surface area contributed by atoms with Gasteiger partial charge in [-0.2, -0.15) is 0 Å². The highest BCUT2D eigenvalue weighted by atomic mass is 16.1. The van der Waals surface area contributed by atoms with Crippen LogP contribution in [0.2, 0.25) is 0 Å². The number of likely N-dealkylation sites (N-methyl/N-ethyl adjacent to an activating group) is 1. The van der Waals surface area contributed by atoms with Gasteiger partial charge in [-0.1, -0.05) is 24.3 Å².